The van der Waals surface area contributed by atoms with Crippen LogP contribution in [0.3, 0.4) is 0 Å². The van der Waals surface area contributed by atoms with E-state index in [1.807, 2.05) is 35.8 Å². The minimum Gasteiger partial charge on any atom is -0.368 e. The van der Waals surface area contributed by atoms with Gasteiger partial charge in [-0.1, -0.05) is 19.8 Å². The van der Waals surface area contributed by atoms with Crippen molar-refractivity contribution in [3.05, 3.63) is 30.1 Å². The molecule has 1 aromatic rings. The van der Waals surface area contributed by atoms with Gasteiger partial charge in [0, 0.05) is 38.4 Å². The third-order valence-electron chi connectivity index (χ3n) is 4.85. The van der Waals surface area contributed by atoms with Crippen LogP contribution in [-0.4, -0.2) is 54.6 Å². The quantitative estimate of drug-likeness (QED) is 0.786. The average Bonchev–Trinajstić information content (AvgIpc) is 2.61. The van der Waals surface area contributed by atoms with Crippen LogP contribution in [0.4, 0.5) is 14.9 Å². The van der Waals surface area contributed by atoms with E-state index in [0.717, 1.165) is 57.7 Å². The minimum atomic E-state index is -0.211. The van der Waals surface area contributed by atoms with Gasteiger partial charge in [-0.2, -0.15) is 0 Å². The van der Waals surface area contributed by atoms with Crippen molar-refractivity contribution in [2.45, 2.75) is 46.1 Å². The highest BCUT2D eigenvalue weighted by molar-refractivity contribution is 5.75. The third-order valence-corrected chi connectivity index (χ3v) is 4.85. The number of benzene rings is 1. The van der Waals surface area contributed by atoms with Crippen molar-refractivity contribution in [1.29, 1.82) is 0 Å². The Morgan fingerprint density at radius 1 is 1.17 bits per heavy atom. The fraction of sp³-hybridized carbons (Fsp3) is 0.632. The number of carbonyl (C=O) groups is 1. The van der Waals surface area contributed by atoms with Gasteiger partial charge >= 0.3 is 6.03 Å². The summed E-state index contributed by atoms with van der Waals surface area (Å²) in [5.41, 5.74) is 1.04. The lowest BCUT2D eigenvalue weighted by Crippen LogP contribution is -2.58. The van der Waals surface area contributed by atoms with Gasteiger partial charge in [-0.3, -0.25) is 0 Å². The number of carbonyl (C=O) groups excluding carboxylic acids is 1. The molecule has 5 heteroatoms. The molecule has 1 unspecified atom stereocenters. The summed E-state index contributed by atoms with van der Waals surface area (Å²) in [5, 5.41) is 0. The Morgan fingerprint density at radius 3 is 2.42 bits per heavy atom. The first-order chi connectivity index (χ1) is 11.6. The van der Waals surface area contributed by atoms with E-state index in [1.54, 1.807) is 0 Å². The summed E-state index contributed by atoms with van der Waals surface area (Å²) in [6, 6.07) is 7.03. The molecule has 1 aromatic carbocycles. The van der Waals surface area contributed by atoms with E-state index in [1.165, 1.54) is 12.1 Å². The molecule has 4 nitrogen and oxygen atoms in total. The van der Waals surface area contributed by atoms with Crippen molar-refractivity contribution < 1.29 is 9.18 Å². The highest BCUT2D eigenvalue weighted by Gasteiger charge is 2.31. The van der Waals surface area contributed by atoms with E-state index in [4.69, 9.17) is 0 Å². The summed E-state index contributed by atoms with van der Waals surface area (Å²) in [7, 11) is 0. The fourth-order valence-corrected chi connectivity index (χ4v) is 3.36. The van der Waals surface area contributed by atoms with Crippen molar-refractivity contribution in [2.75, 3.05) is 37.6 Å². The molecule has 0 radical (unpaired) electrons. The molecular formula is C19H30FN3O. The molecule has 1 aliphatic rings. The molecule has 2 rings (SSSR count). The molecule has 0 aliphatic carbocycles. The van der Waals surface area contributed by atoms with Gasteiger partial charge in [0.2, 0.25) is 0 Å². The zero-order chi connectivity index (χ0) is 17.5. The van der Waals surface area contributed by atoms with Crippen molar-refractivity contribution in [2.24, 2.45) is 0 Å². The van der Waals surface area contributed by atoms with Gasteiger partial charge in [0.1, 0.15) is 5.82 Å². The summed E-state index contributed by atoms with van der Waals surface area (Å²) in [6.07, 6.45) is 3.26. The van der Waals surface area contributed by atoms with Crippen LogP contribution in [0.2, 0.25) is 0 Å². The van der Waals surface area contributed by atoms with Crippen molar-refractivity contribution in [1.82, 2.24) is 9.80 Å². The normalized spacial score (nSPS) is 17.9. The Balaban J connectivity index is 2.11. The molecule has 0 bridgehead atoms. The number of unbranched alkanes of at least 4 members (excludes halogenated alkanes) is 1. The minimum absolute atomic E-state index is 0.153. The molecule has 1 heterocycles. The lowest BCUT2D eigenvalue weighted by molar-refractivity contribution is 0.126. The standard InChI is InChI=1S/C19H30FN3O/c1-4-7-8-18-15-22(17-11-9-16(20)10-12-17)13-14-23(18)19(24)21(5-2)6-3/h9-12,18H,4-8,13-15H2,1-3H3. The predicted octanol–water partition coefficient (Wildman–Crippen LogP) is 3.97. The summed E-state index contributed by atoms with van der Waals surface area (Å²) in [4.78, 5) is 19.0. The molecular weight excluding hydrogens is 305 g/mol. The number of halogens is 1. The lowest BCUT2D eigenvalue weighted by Gasteiger charge is -2.44. The SMILES string of the molecule is CCCCC1CN(c2ccc(F)cc2)CCN1C(=O)N(CC)CC. The Morgan fingerprint density at radius 2 is 1.83 bits per heavy atom. The van der Waals surface area contributed by atoms with E-state index in [9.17, 15) is 9.18 Å². The second-order valence-corrected chi connectivity index (χ2v) is 6.37. The van der Waals surface area contributed by atoms with E-state index >= 15 is 0 Å². The summed E-state index contributed by atoms with van der Waals surface area (Å²) < 4.78 is 13.2. The first-order valence-corrected chi connectivity index (χ1v) is 9.16. The van der Waals surface area contributed by atoms with E-state index in [2.05, 4.69) is 11.8 Å². The van der Waals surface area contributed by atoms with Gasteiger partial charge in [0.05, 0.1) is 6.04 Å². The Bertz CT molecular complexity index is 516. The van der Waals surface area contributed by atoms with Crippen molar-refractivity contribution >= 4 is 11.7 Å². The number of urea groups is 1. The molecule has 134 valence electrons. The number of nitrogens with zero attached hydrogens (tertiary/aromatic N) is 3. The average molecular weight is 335 g/mol. The van der Waals surface area contributed by atoms with E-state index in [0.29, 0.717) is 0 Å². The van der Waals surface area contributed by atoms with E-state index < -0.39 is 0 Å². The number of anilines is 1. The Kier molecular flexibility index (Phi) is 6.88. The van der Waals surface area contributed by atoms with Gasteiger partial charge in [-0.15, -0.1) is 0 Å². The maximum Gasteiger partial charge on any atom is 0.320 e. The Labute approximate surface area is 145 Å². The number of rotatable bonds is 6. The van der Waals surface area contributed by atoms with Gasteiger partial charge in [0.15, 0.2) is 0 Å². The third kappa shape index (κ3) is 4.40. The highest BCUT2D eigenvalue weighted by atomic mass is 19.1. The van der Waals surface area contributed by atoms with Crippen LogP contribution >= 0.6 is 0 Å². The highest BCUT2D eigenvalue weighted by Crippen LogP contribution is 2.23. The monoisotopic (exact) mass is 335 g/mol. The van der Waals surface area contributed by atoms with E-state index in [-0.39, 0.29) is 17.9 Å². The molecule has 0 aromatic heterocycles. The maximum atomic E-state index is 13.2. The van der Waals surface area contributed by atoms with Crippen LogP contribution < -0.4 is 4.90 Å². The smallest absolute Gasteiger partial charge is 0.320 e. The Hall–Kier alpha value is -1.78. The van der Waals surface area contributed by atoms with Gasteiger partial charge in [-0.25, -0.2) is 9.18 Å². The summed E-state index contributed by atoms with van der Waals surface area (Å²) in [5.74, 6) is -0.211. The summed E-state index contributed by atoms with van der Waals surface area (Å²) >= 11 is 0. The first-order valence-electron chi connectivity index (χ1n) is 9.16. The van der Waals surface area contributed by atoms with Crippen molar-refractivity contribution in [3.8, 4) is 0 Å². The number of amides is 2. The van der Waals surface area contributed by atoms with Gasteiger partial charge in [0.25, 0.3) is 0 Å². The number of hydrogen-bond acceptors (Lipinski definition) is 2. The van der Waals surface area contributed by atoms with Gasteiger partial charge < -0.3 is 14.7 Å². The molecule has 1 saturated heterocycles. The molecule has 1 fully saturated rings. The molecule has 24 heavy (non-hydrogen) atoms. The molecule has 1 aliphatic heterocycles. The van der Waals surface area contributed by atoms with Crippen molar-refractivity contribution in [3.63, 3.8) is 0 Å². The van der Waals surface area contributed by atoms with Crippen LogP contribution in [-0.2, 0) is 0 Å². The second kappa shape index (κ2) is 8.90. The predicted molar refractivity (Wildman–Crippen MR) is 96.9 cm³/mol. The fourth-order valence-electron chi connectivity index (χ4n) is 3.36. The first kappa shape index (κ1) is 18.6. The van der Waals surface area contributed by atoms with Crippen LogP contribution in [0.5, 0.6) is 0 Å². The molecule has 0 spiro atoms. The van der Waals surface area contributed by atoms with Crippen LogP contribution in [0, 0.1) is 5.82 Å². The topological polar surface area (TPSA) is 26.8 Å². The molecule has 1 atom stereocenters. The zero-order valence-corrected chi connectivity index (χ0v) is 15.2. The largest absolute Gasteiger partial charge is 0.368 e. The van der Waals surface area contributed by atoms with Gasteiger partial charge in [-0.05, 0) is 44.5 Å². The number of hydrogen-bond donors (Lipinski definition) is 0. The lowest BCUT2D eigenvalue weighted by atomic mass is 10.0. The van der Waals surface area contributed by atoms with Crippen LogP contribution in [0.1, 0.15) is 40.0 Å². The maximum absolute atomic E-state index is 13.2. The van der Waals surface area contributed by atoms with Crippen LogP contribution in [0.25, 0.3) is 0 Å². The van der Waals surface area contributed by atoms with Crippen LogP contribution in [0.15, 0.2) is 24.3 Å². The zero-order valence-electron chi connectivity index (χ0n) is 15.2. The molecule has 0 saturated carbocycles. The number of piperazine rings is 1. The molecule has 0 N–H and O–H groups in total. The molecule has 2 amide bonds. The second-order valence-electron chi connectivity index (χ2n) is 6.37. The summed E-state index contributed by atoms with van der Waals surface area (Å²) in [6.45, 7) is 10.1.